The van der Waals surface area contributed by atoms with E-state index in [4.69, 9.17) is 4.74 Å². The molecule has 0 radical (unpaired) electrons. The fraction of sp³-hybridized carbons (Fsp3) is 0.409. The van der Waals surface area contributed by atoms with E-state index < -0.39 is 0 Å². The molecule has 5 nitrogen and oxygen atoms in total. The summed E-state index contributed by atoms with van der Waals surface area (Å²) in [6.07, 6.45) is 1.98. The van der Waals surface area contributed by atoms with Crippen molar-refractivity contribution in [1.82, 2.24) is 14.8 Å². The van der Waals surface area contributed by atoms with Crippen molar-refractivity contribution >= 4 is 28.1 Å². The van der Waals surface area contributed by atoms with E-state index in [1.54, 1.807) is 7.11 Å². The third kappa shape index (κ3) is 3.66. The van der Waals surface area contributed by atoms with Crippen molar-refractivity contribution < 1.29 is 9.53 Å². The fourth-order valence-corrected chi connectivity index (χ4v) is 4.83. The number of ether oxygens (including phenoxy) is 1. The van der Waals surface area contributed by atoms with Gasteiger partial charge < -0.3 is 14.6 Å². The van der Waals surface area contributed by atoms with Crippen molar-refractivity contribution in [3.05, 3.63) is 51.8 Å². The van der Waals surface area contributed by atoms with Crippen LogP contribution in [0.1, 0.15) is 33.8 Å². The zero-order chi connectivity index (χ0) is 19.7. The number of hydrogen-bond acceptors (Lipinski definition) is 4. The molecule has 0 unspecified atom stereocenters. The number of thiophene rings is 1. The SMILES string of the molecule is COc1ccc2c(c1)c(C(=O)NC1CCN(Cc3cccs3)CC1)c(C)n2C. The van der Waals surface area contributed by atoms with Crippen LogP contribution in [0.25, 0.3) is 10.9 Å². The van der Waals surface area contributed by atoms with Gasteiger partial charge in [0.15, 0.2) is 0 Å². The average molecular weight is 398 g/mol. The predicted molar refractivity (Wildman–Crippen MR) is 114 cm³/mol. The second kappa shape index (κ2) is 7.97. The lowest BCUT2D eigenvalue weighted by molar-refractivity contribution is 0.0910. The number of methoxy groups -OCH3 is 1. The number of aromatic nitrogens is 1. The van der Waals surface area contributed by atoms with Crippen LogP contribution in [0, 0.1) is 6.92 Å². The Morgan fingerprint density at radius 3 is 2.75 bits per heavy atom. The molecule has 28 heavy (non-hydrogen) atoms. The van der Waals surface area contributed by atoms with E-state index in [0.717, 1.165) is 60.4 Å². The van der Waals surface area contributed by atoms with E-state index >= 15 is 0 Å². The van der Waals surface area contributed by atoms with Gasteiger partial charge in [0, 0.05) is 54.2 Å². The van der Waals surface area contributed by atoms with Gasteiger partial charge in [0.1, 0.15) is 5.75 Å². The average Bonchev–Trinajstić information content (AvgIpc) is 3.30. The highest BCUT2D eigenvalue weighted by Crippen LogP contribution is 2.29. The molecule has 148 valence electrons. The molecular formula is C22H27N3O2S. The summed E-state index contributed by atoms with van der Waals surface area (Å²) in [6.45, 7) is 5.06. The smallest absolute Gasteiger partial charge is 0.253 e. The number of piperidine rings is 1. The summed E-state index contributed by atoms with van der Waals surface area (Å²) in [5.74, 6) is 0.794. The van der Waals surface area contributed by atoms with E-state index in [1.165, 1.54) is 4.88 Å². The lowest BCUT2D eigenvalue weighted by atomic mass is 10.0. The van der Waals surface area contributed by atoms with E-state index in [-0.39, 0.29) is 11.9 Å². The number of fused-ring (bicyclic) bond motifs is 1. The highest BCUT2D eigenvalue weighted by molar-refractivity contribution is 7.09. The van der Waals surface area contributed by atoms with E-state index in [1.807, 2.05) is 43.5 Å². The molecule has 0 spiro atoms. The quantitative estimate of drug-likeness (QED) is 0.709. The minimum absolute atomic E-state index is 0.0214. The highest BCUT2D eigenvalue weighted by Gasteiger charge is 2.24. The topological polar surface area (TPSA) is 46.5 Å². The van der Waals surface area contributed by atoms with Crippen LogP contribution in [0.3, 0.4) is 0 Å². The van der Waals surface area contributed by atoms with Crippen molar-refractivity contribution in [2.24, 2.45) is 7.05 Å². The Labute approximate surface area is 169 Å². The molecule has 1 saturated heterocycles. The molecule has 0 atom stereocenters. The van der Waals surface area contributed by atoms with Gasteiger partial charge in [0.05, 0.1) is 12.7 Å². The van der Waals surface area contributed by atoms with Crippen LogP contribution in [0.2, 0.25) is 0 Å². The van der Waals surface area contributed by atoms with Crippen molar-refractivity contribution in [2.45, 2.75) is 32.4 Å². The molecule has 1 aliphatic heterocycles. The second-order valence-electron chi connectivity index (χ2n) is 7.51. The van der Waals surface area contributed by atoms with Gasteiger partial charge in [-0.3, -0.25) is 9.69 Å². The third-order valence-corrected chi connectivity index (χ3v) is 6.67. The summed E-state index contributed by atoms with van der Waals surface area (Å²) in [6, 6.07) is 10.4. The Morgan fingerprint density at radius 1 is 1.29 bits per heavy atom. The lowest BCUT2D eigenvalue weighted by Crippen LogP contribution is -2.44. The molecule has 1 aliphatic rings. The number of benzene rings is 1. The van der Waals surface area contributed by atoms with Crippen LogP contribution < -0.4 is 10.1 Å². The zero-order valence-electron chi connectivity index (χ0n) is 16.7. The number of rotatable bonds is 5. The summed E-state index contributed by atoms with van der Waals surface area (Å²) in [5, 5.41) is 6.36. The number of carbonyl (C=O) groups excluding carboxylic acids is 1. The van der Waals surface area contributed by atoms with E-state index in [0.29, 0.717) is 0 Å². The lowest BCUT2D eigenvalue weighted by Gasteiger charge is -2.32. The van der Waals surface area contributed by atoms with Crippen molar-refractivity contribution in [2.75, 3.05) is 20.2 Å². The van der Waals surface area contributed by atoms with Crippen LogP contribution in [0.5, 0.6) is 5.75 Å². The van der Waals surface area contributed by atoms with Gasteiger partial charge in [-0.25, -0.2) is 0 Å². The van der Waals surface area contributed by atoms with Gasteiger partial charge >= 0.3 is 0 Å². The van der Waals surface area contributed by atoms with Gasteiger partial charge in [0.2, 0.25) is 0 Å². The Balaban J connectivity index is 1.45. The van der Waals surface area contributed by atoms with Crippen molar-refractivity contribution in [3.8, 4) is 5.75 Å². The first-order valence-electron chi connectivity index (χ1n) is 9.75. The summed E-state index contributed by atoms with van der Waals surface area (Å²) in [7, 11) is 3.66. The number of carbonyl (C=O) groups is 1. The molecule has 0 bridgehead atoms. The van der Waals surface area contributed by atoms with Crippen LogP contribution in [-0.2, 0) is 13.6 Å². The maximum Gasteiger partial charge on any atom is 0.253 e. The molecule has 3 aromatic rings. The third-order valence-electron chi connectivity index (χ3n) is 5.81. The van der Waals surface area contributed by atoms with Crippen LogP contribution in [-0.4, -0.2) is 41.6 Å². The van der Waals surface area contributed by atoms with Gasteiger partial charge in [-0.1, -0.05) is 6.07 Å². The number of hydrogen-bond donors (Lipinski definition) is 1. The zero-order valence-corrected chi connectivity index (χ0v) is 17.5. The number of aryl methyl sites for hydroxylation is 1. The molecule has 3 heterocycles. The Bertz CT molecular complexity index is 969. The number of nitrogens with zero attached hydrogens (tertiary/aromatic N) is 2. The minimum atomic E-state index is 0.0214. The second-order valence-corrected chi connectivity index (χ2v) is 8.54. The van der Waals surface area contributed by atoms with Crippen LogP contribution >= 0.6 is 11.3 Å². The van der Waals surface area contributed by atoms with Gasteiger partial charge in [0.25, 0.3) is 5.91 Å². The van der Waals surface area contributed by atoms with Gasteiger partial charge in [-0.15, -0.1) is 11.3 Å². The first kappa shape index (κ1) is 19.0. The standard InChI is InChI=1S/C22H27N3O2S/c1-15-21(19-13-17(27-3)6-7-20(19)24(15)2)22(26)23-16-8-10-25(11-9-16)14-18-5-4-12-28-18/h4-7,12-13,16H,8-11,14H2,1-3H3,(H,23,26). The fourth-order valence-electron chi connectivity index (χ4n) is 4.08. The van der Waals surface area contributed by atoms with Gasteiger partial charge in [-0.2, -0.15) is 0 Å². The molecule has 4 rings (SSSR count). The summed E-state index contributed by atoms with van der Waals surface area (Å²) < 4.78 is 7.44. The predicted octanol–water partition coefficient (Wildman–Crippen LogP) is 3.95. The van der Waals surface area contributed by atoms with Crippen molar-refractivity contribution in [3.63, 3.8) is 0 Å². The highest BCUT2D eigenvalue weighted by atomic mass is 32.1. The minimum Gasteiger partial charge on any atom is -0.497 e. The van der Waals surface area contributed by atoms with E-state index in [2.05, 4.69) is 32.3 Å². The van der Waals surface area contributed by atoms with Crippen molar-refractivity contribution in [1.29, 1.82) is 0 Å². The number of amides is 1. The molecule has 1 amide bonds. The normalized spacial score (nSPS) is 15.8. The Morgan fingerprint density at radius 2 is 2.07 bits per heavy atom. The maximum absolute atomic E-state index is 13.1. The summed E-state index contributed by atoms with van der Waals surface area (Å²) in [4.78, 5) is 17.0. The first-order valence-corrected chi connectivity index (χ1v) is 10.6. The molecule has 2 aromatic heterocycles. The largest absolute Gasteiger partial charge is 0.497 e. The first-order chi connectivity index (χ1) is 13.6. The molecule has 1 aromatic carbocycles. The Kier molecular flexibility index (Phi) is 5.42. The van der Waals surface area contributed by atoms with E-state index in [9.17, 15) is 4.79 Å². The number of nitrogens with one attached hydrogen (secondary N) is 1. The molecule has 6 heteroatoms. The van der Waals surface area contributed by atoms with Crippen LogP contribution in [0.15, 0.2) is 35.7 Å². The molecule has 1 fully saturated rings. The molecule has 1 N–H and O–H groups in total. The monoisotopic (exact) mass is 397 g/mol. The summed E-state index contributed by atoms with van der Waals surface area (Å²) >= 11 is 1.81. The molecule has 0 aliphatic carbocycles. The van der Waals surface area contributed by atoms with Crippen LogP contribution in [0.4, 0.5) is 0 Å². The summed E-state index contributed by atoms with van der Waals surface area (Å²) in [5.41, 5.74) is 2.79. The molecule has 0 saturated carbocycles. The Hall–Kier alpha value is -2.31. The number of likely N-dealkylation sites (tertiary alicyclic amines) is 1. The van der Waals surface area contributed by atoms with Gasteiger partial charge in [-0.05, 0) is 49.4 Å². The maximum atomic E-state index is 13.1. The molecular weight excluding hydrogens is 370 g/mol.